The monoisotopic (exact) mass is 326 g/mol. The third-order valence-electron chi connectivity index (χ3n) is 3.49. The Morgan fingerprint density at radius 1 is 1.19 bits per heavy atom. The van der Waals surface area contributed by atoms with Crippen LogP contribution >= 0.6 is 23.2 Å². The van der Waals surface area contributed by atoms with Gasteiger partial charge in [-0.2, -0.15) is 5.10 Å². The van der Waals surface area contributed by atoms with Crippen LogP contribution in [0.15, 0.2) is 24.3 Å². The maximum Gasteiger partial charge on any atom is 0.0636 e. The van der Waals surface area contributed by atoms with Crippen LogP contribution in [0.1, 0.15) is 30.8 Å². The second-order valence-electron chi connectivity index (χ2n) is 5.09. The topological polar surface area (TPSA) is 38.0 Å². The second-order valence-corrected chi connectivity index (χ2v) is 5.94. The molecule has 0 aliphatic rings. The average Bonchev–Trinajstić information content (AvgIpc) is 2.84. The Morgan fingerprint density at radius 3 is 2.57 bits per heavy atom. The van der Waals surface area contributed by atoms with Crippen molar-refractivity contribution in [3.63, 3.8) is 0 Å². The minimum absolute atomic E-state index is 0.490. The molecule has 0 bridgehead atoms. The fraction of sp³-hybridized carbons (Fsp3) is 0.438. The minimum atomic E-state index is -0.490. The van der Waals surface area contributed by atoms with Crippen molar-refractivity contribution in [2.24, 2.45) is 0 Å². The van der Waals surface area contributed by atoms with Crippen molar-refractivity contribution >= 4 is 23.2 Å². The van der Waals surface area contributed by atoms with Gasteiger partial charge in [-0.3, -0.25) is 4.68 Å². The lowest BCUT2D eigenvalue weighted by Gasteiger charge is -2.13. The molecular formula is C16H20Cl2N2O. The molecule has 0 spiro atoms. The first-order valence-corrected chi connectivity index (χ1v) is 7.96. The Kier molecular flexibility index (Phi) is 5.68. The fourth-order valence-electron chi connectivity index (χ4n) is 2.38. The summed E-state index contributed by atoms with van der Waals surface area (Å²) in [5.41, 5.74) is 3.03. The van der Waals surface area contributed by atoms with E-state index in [9.17, 15) is 5.11 Å². The average molecular weight is 327 g/mol. The second kappa shape index (κ2) is 7.30. The first kappa shape index (κ1) is 16.3. The van der Waals surface area contributed by atoms with E-state index in [-0.39, 0.29) is 0 Å². The molecule has 3 nitrogen and oxygen atoms in total. The van der Waals surface area contributed by atoms with E-state index >= 15 is 0 Å². The highest BCUT2D eigenvalue weighted by molar-refractivity contribution is 6.35. The highest BCUT2D eigenvalue weighted by atomic mass is 35.5. The number of hydrogen-bond donors (Lipinski definition) is 1. The molecule has 0 saturated carbocycles. The third kappa shape index (κ3) is 4.22. The molecule has 0 fully saturated rings. The maximum absolute atomic E-state index is 10.3. The summed E-state index contributed by atoms with van der Waals surface area (Å²) >= 11 is 12.0. The molecule has 0 amide bonds. The fourth-order valence-corrected chi connectivity index (χ4v) is 2.87. The van der Waals surface area contributed by atoms with Gasteiger partial charge in [0.05, 0.1) is 11.8 Å². The van der Waals surface area contributed by atoms with Gasteiger partial charge in [-0.05, 0) is 37.1 Å². The highest BCUT2D eigenvalue weighted by Gasteiger charge is 2.14. The van der Waals surface area contributed by atoms with Crippen molar-refractivity contribution in [3.8, 4) is 0 Å². The summed E-state index contributed by atoms with van der Waals surface area (Å²) in [4.78, 5) is 0. The number of benzene rings is 1. The Morgan fingerprint density at radius 2 is 1.95 bits per heavy atom. The van der Waals surface area contributed by atoms with Gasteiger partial charge in [0.25, 0.3) is 0 Å². The van der Waals surface area contributed by atoms with Crippen LogP contribution in [-0.4, -0.2) is 21.0 Å². The SMILES string of the molecule is CCc1cc(CC(O)Cc2ccc(Cl)cc2Cl)n(CC)n1. The summed E-state index contributed by atoms with van der Waals surface area (Å²) in [6.07, 6.45) is 1.49. The predicted octanol–water partition coefficient (Wildman–Crippen LogP) is 3.92. The number of rotatable bonds is 6. The molecule has 2 rings (SSSR count). The van der Waals surface area contributed by atoms with Gasteiger partial charge in [0.1, 0.15) is 0 Å². The normalized spacial score (nSPS) is 12.6. The number of halogens is 2. The van der Waals surface area contributed by atoms with Crippen LogP contribution in [0.4, 0.5) is 0 Å². The quantitative estimate of drug-likeness (QED) is 0.873. The predicted molar refractivity (Wildman–Crippen MR) is 87.2 cm³/mol. The van der Waals surface area contributed by atoms with Gasteiger partial charge < -0.3 is 5.11 Å². The smallest absolute Gasteiger partial charge is 0.0636 e. The standard InChI is InChI=1S/C16H20Cl2N2O/c1-3-13-9-14(20(4-2)19-13)10-15(21)7-11-5-6-12(17)8-16(11)18/h5-6,8-9,15,21H,3-4,7,10H2,1-2H3. The maximum atomic E-state index is 10.3. The van der Waals surface area contributed by atoms with Gasteiger partial charge in [0, 0.05) is 35.1 Å². The van der Waals surface area contributed by atoms with Gasteiger partial charge >= 0.3 is 0 Å². The lowest BCUT2D eigenvalue weighted by atomic mass is 10.0. The van der Waals surface area contributed by atoms with Gasteiger partial charge in [-0.15, -0.1) is 0 Å². The van der Waals surface area contributed by atoms with E-state index in [4.69, 9.17) is 23.2 Å². The van der Waals surface area contributed by atoms with E-state index in [0.717, 1.165) is 29.9 Å². The van der Waals surface area contributed by atoms with Crippen LogP contribution < -0.4 is 0 Å². The van der Waals surface area contributed by atoms with Gasteiger partial charge in [-0.1, -0.05) is 36.2 Å². The summed E-state index contributed by atoms with van der Waals surface area (Å²) in [6.45, 7) is 4.94. The minimum Gasteiger partial charge on any atom is -0.392 e. The molecule has 2 aromatic rings. The Bertz CT molecular complexity index is 610. The van der Waals surface area contributed by atoms with Crippen LogP contribution in [0.5, 0.6) is 0 Å². The molecule has 1 N–H and O–H groups in total. The third-order valence-corrected chi connectivity index (χ3v) is 4.08. The van der Waals surface area contributed by atoms with E-state index in [1.165, 1.54) is 0 Å². The number of nitrogens with zero attached hydrogens (tertiary/aromatic N) is 2. The molecule has 1 atom stereocenters. The van der Waals surface area contributed by atoms with Crippen LogP contribution in [-0.2, 0) is 25.8 Å². The molecule has 5 heteroatoms. The lowest BCUT2D eigenvalue weighted by molar-refractivity contribution is 0.172. The van der Waals surface area contributed by atoms with Crippen molar-refractivity contribution in [2.45, 2.75) is 45.8 Å². The van der Waals surface area contributed by atoms with Crippen molar-refractivity contribution in [1.82, 2.24) is 9.78 Å². The largest absolute Gasteiger partial charge is 0.392 e. The van der Waals surface area contributed by atoms with E-state index in [1.807, 2.05) is 10.7 Å². The Labute approximate surface area is 135 Å². The molecule has 0 aliphatic heterocycles. The molecule has 1 heterocycles. The van der Waals surface area contributed by atoms with Gasteiger partial charge in [0.2, 0.25) is 0 Å². The number of aliphatic hydroxyl groups is 1. The van der Waals surface area contributed by atoms with Crippen LogP contribution in [0, 0.1) is 0 Å². The zero-order valence-corrected chi connectivity index (χ0v) is 13.8. The summed E-state index contributed by atoms with van der Waals surface area (Å²) in [6, 6.07) is 7.43. The van der Waals surface area contributed by atoms with E-state index in [1.54, 1.807) is 12.1 Å². The highest BCUT2D eigenvalue weighted by Crippen LogP contribution is 2.23. The Hall–Kier alpha value is -1.03. The first-order chi connectivity index (χ1) is 10.0. The van der Waals surface area contributed by atoms with E-state index in [0.29, 0.717) is 22.9 Å². The molecule has 1 aromatic heterocycles. The summed E-state index contributed by atoms with van der Waals surface area (Å²) < 4.78 is 1.95. The van der Waals surface area contributed by atoms with E-state index < -0.39 is 6.10 Å². The molecule has 0 radical (unpaired) electrons. The van der Waals surface area contributed by atoms with Crippen molar-refractivity contribution in [2.75, 3.05) is 0 Å². The number of aryl methyl sites for hydroxylation is 2. The van der Waals surface area contributed by atoms with Crippen molar-refractivity contribution in [1.29, 1.82) is 0 Å². The van der Waals surface area contributed by atoms with Crippen molar-refractivity contribution in [3.05, 3.63) is 51.3 Å². The number of aliphatic hydroxyl groups excluding tert-OH is 1. The molecule has 21 heavy (non-hydrogen) atoms. The first-order valence-electron chi connectivity index (χ1n) is 7.21. The number of hydrogen-bond acceptors (Lipinski definition) is 2. The van der Waals surface area contributed by atoms with E-state index in [2.05, 4.69) is 25.0 Å². The number of aromatic nitrogens is 2. The molecule has 1 aromatic carbocycles. The molecule has 1 unspecified atom stereocenters. The van der Waals surface area contributed by atoms with Crippen LogP contribution in [0.3, 0.4) is 0 Å². The zero-order chi connectivity index (χ0) is 15.4. The molecule has 114 valence electrons. The summed E-state index contributed by atoms with van der Waals surface area (Å²) in [5.74, 6) is 0. The summed E-state index contributed by atoms with van der Waals surface area (Å²) in [5, 5.41) is 16.0. The van der Waals surface area contributed by atoms with Crippen LogP contribution in [0.25, 0.3) is 0 Å². The molecule has 0 saturated heterocycles. The summed E-state index contributed by atoms with van der Waals surface area (Å²) in [7, 11) is 0. The molecule has 0 aliphatic carbocycles. The lowest BCUT2D eigenvalue weighted by Crippen LogP contribution is -2.17. The zero-order valence-electron chi connectivity index (χ0n) is 12.3. The van der Waals surface area contributed by atoms with Crippen LogP contribution in [0.2, 0.25) is 10.0 Å². The Balaban J connectivity index is 2.07. The van der Waals surface area contributed by atoms with Gasteiger partial charge in [0.15, 0.2) is 0 Å². The molecular weight excluding hydrogens is 307 g/mol. The van der Waals surface area contributed by atoms with Gasteiger partial charge in [-0.25, -0.2) is 0 Å². The van der Waals surface area contributed by atoms with Crippen molar-refractivity contribution < 1.29 is 5.11 Å².